The van der Waals surface area contributed by atoms with Crippen LogP contribution < -0.4 is 4.90 Å². The Morgan fingerprint density at radius 2 is 1.73 bits per heavy atom. The van der Waals surface area contributed by atoms with Crippen LogP contribution in [-0.2, 0) is 19.2 Å². The Morgan fingerprint density at radius 1 is 1.00 bits per heavy atom. The van der Waals surface area contributed by atoms with Crippen molar-refractivity contribution in [2.75, 3.05) is 4.90 Å². The molecule has 186 valence electrons. The summed E-state index contributed by atoms with van der Waals surface area (Å²) in [7, 11) is 0. The number of hydrogen-bond acceptors (Lipinski definition) is 5. The highest BCUT2D eigenvalue weighted by atomic mass is 79.9. The fourth-order valence-electron chi connectivity index (χ4n) is 6.31. The minimum atomic E-state index is -0.654. The topological polar surface area (TPSA) is 91.8 Å². The first-order valence-corrected chi connectivity index (χ1v) is 13.2. The minimum absolute atomic E-state index is 0.0168. The summed E-state index contributed by atoms with van der Waals surface area (Å²) in [5, 5.41) is 10.2. The Balaban J connectivity index is 1.50. The van der Waals surface area contributed by atoms with Gasteiger partial charge in [-0.05, 0) is 73.7 Å². The number of carbonyl (C=O) groups excluding carboxylic acids is 4. The van der Waals surface area contributed by atoms with E-state index in [4.69, 9.17) is 11.6 Å². The molecule has 1 heterocycles. The first kappa shape index (κ1) is 24.1. The molecule has 8 heteroatoms. The van der Waals surface area contributed by atoms with Crippen LogP contribution in [0.4, 0.5) is 5.69 Å². The summed E-state index contributed by atoms with van der Waals surface area (Å²) in [5.41, 5.74) is 3.01. The summed E-state index contributed by atoms with van der Waals surface area (Å²) >= 11 is 9.96. The predicted octanol–water partition coefficient (Wildman–Crippen LogP) is 5.44. The predicted molar refractivity (Wildman–Crippen MR) is 141 cm³/mol. The molecule has 1 aliphatic heterocycles. The molecule has 37 heavy (non-hydrogen) atoms. The van der Waals surface area contributed by atoms with Crippen LogP contribution in [-0.4, -0.2) is 28.5 Å². The van der Waals surface area contributed by atoms with E-state index >= 15 is 0 Å². The average molecular weight is 579 g/mol. The van der Waals surface area contributed by atoms with Crippen molar-refractivity contribution in [2.45, 2.75) is 25.7 Å². The molecule has 2 aromatic rings. The highest BCUT2D eigenvalue weighted by Crippen LogP contribution is 2.56. The van der Waals surface area contributed by atoms with Crippen LogP contribution in [0.15, 0.2) is 81.4 Å². The smallest absolute Gasteiger partial charge is 0.238 e. The van der Waals surface area contributed by atoms with Gasteiger partial charge in [-0.25, -0.2) is 0 Å². The lowest BCUT2D eigenvalue weighted by molar-refractivity contribution is -0.123. The number of carbonyl (C=O) groups is 4. The number of phenols is 1. The zero-order valence-corrected chi connectivity index (χ0v) is 22.0. The molecule has 0 bridgehead atoms. The first-order valence-electron chi connectivity index (χ1n) is 12.0. The van der Waals surface area contributed by atoms with E-state index in [1.807, 2.05) is 6.08 Å². The standard InChI is InChI=1S/C29H21BrClNO5/c1-13-10-23(34)21-12-20-17(24(26(21)27(13)35)18-7-6-16(33)11-22(18)31)8-9-19-25(20)29(37)32(28(19)36)15-4-2-14(30)3-5-15/h2-8,10-11,19-20,24-25,33H,9,12H2,1H3. The van der Waals surface area contributed by atoms with Gasteiger partial charge in [0.1, 0.15) is 5.75 Å². The van der Waals surface area contributed by atoms with Crippen molar-refractivity contribution in [1.29, 1.82) is 0 Å². The number of amides is 2. The molecule has 4 atom stereocenters. The van der Waals surface area contributed by atoms with E-state index in [1.54, 1.807) is 37.3 Å². The fourth-order valence-corrected chi connectivity index (χ4v) is 6.86. The van der Waals surface area contributed by atoms with Crippen LogP contribution in [0.1, 0.15) is 31.2 Å². The maximum atomic E-state index is 13.8. The summed E-state index contributed by atoms with van der Waals surface area (Å²) in [6.45, 7) is 1.62. The van der Waals surface area contributed by atoms with Gasteiger partial charge in [0.05, 0.1) is 17.5 Å². The SMILES string of the molecule is CC1=CC(=O)C2=C(C1=O)C(c1ccc(O)cc1Cl)C1=CCC3C(=O)N(c4ccc(Br)cc4)C(=O)C3C1C2. The van der Waals surface area contributed by atoms with E-state index in [-0.39, 0.29) is 40.6 Å². The molecule has 4 aliphatic rings. The number of aromatic hydroxyl groups is 1. The Hall–Kier alpha value is -3.29. The van der Waals surface area contributed by atoms with Crippen LogP contribution in [0.2, 0.25) is 5.02 Å². The summed E-state index contributed by atoms with van der Waals surface area (Å²) in [6, 6.07) is 11.6. The van der Waals surface area contributed by atoms with Crippen molar-refractivity contribution in [1.82, 2.24) is 0 Å². The van der Waals surface area contributed by atoms with Crippen LogP contribution in [0.3, 0.4) is 0 Å². The van der Waals surface area contributed by atoms with Gasteiger partial charge >= 0.3 is 0 Å². The van der Waals surface area contributed by atoms with Crippen molar-refractivity contribution < 1.29 is 24.3 Å². The maximum absolute atomic E-state index is 13.8. The number of nitrogens with zero attached hydrogens (tertiary/aromatic N) is 1. The molecule has 4 unspecified atom stereocenters. The van der Waals surface area contributed by atoms with Gasteiger partial charge in [0.15, 0.2) is 11.6 Å². The number of halogens is 2. The molecule has 6 rings (SSSR count). The lowest BCUT2D eigenvalue weighted by Crippen LogP contribution is -2.39. The maximum Gasteiger partial charge on any atom is 0.238 e. The summed E-state index contributed by atoms with van der Waals surface area (Å²) < 4.78 is 0.834. The zero-order valence-electron chi connectivity index (χ0n) is 19.7. The molecule has 2 amide bonds. The van der Waals surface area contributed by atoms with E-state index < -0.39 is 23.7 Å². The normalized spacial score (nSPS) is 27.1. The molecule has 1 fully saturated rings. The quantitative estimate of drug-likeness (QED) is 0.291. The van der Waals surface area contributed by atoms with Crippen molar-refractivity contribution >= 4 is 56.6 Å². The number of anilines is 1. The largest absolute Gasteiger partial charge is 0.508 e. The van der Waals surface area contributed by atoms with Crippen LogP contribution in [0.5, 0.6) is 5.75 Å². The lowest BCUT2D eigenvalue weighted by atomic mass is 9.59. The Morgan fingerprint density at radius 3 is 2.43 bits per heavy atom. The van der Waals surface area contributed by atoms with Gasteiger partial charge in [-0.2, -0.15) is 0 Å². The van der Waals surface area contributed by atoms with E-state index in [2.05, 4.69) is 15.9 Å². The third-order valence-corrected chi connectivity index (χ3v) is 8.80. The monoisotopic (exact) mass is 577 g/mol. The number of hydrogen-bond donors (Lipinski definition) is 1. The second-order valence-electron chi connectivity index (χ2n) is 9.92. The van der Waals surface area contributed by atoms with Gasteiger partial charge in [-0.15, -0.1) is 0 Å². The van der Waals surface area contributed by atoms with Gasteiger partial charge in [0.2, 0.25) is 11.8 Å². The van der Waals surface area contributed by atoms with Crippen molar-refractivity contribution in [3.05, 3.63) is 92.0 Å². The number of allylic oxidation sites excluding steroid dienone is 6. The highest BCUT2D eigenvalue weighted by Gasteiger charge is 2.56. The zero-order chi connectivity index (χ0) is 26.2. The van der Waals surface area contributed by atoms with Crippen LogP contribution >= 0.6 is 27.5 Å². The van der Waals surface area contributed by atoms with Gasteiger partial charge in [-0.1, -0.05) is 45.2 Å². The molecule has 0 spiro atoms. The number of ketones is 2. The number of Topliss-reactive ketones (excluding diaryl/α,β-unsaturated/α-hetero) is 1. The molecular formula is C29H21BrClNO5. The molecular weight excluding hydrogens is 558 g/mol. The van der Waals surface area contributed by atoms with Gasteiger partial charge in [0.25, 0.3) is 0 Å². The highest BCUT2D eigenvalue weighted by molar-refractivity contribution is 9.10. The van der Waals surface area contributed by atoms with Crippen LogP contribution in [0.25, 0.3) is 0 Å². The Kier molecular flexibility index (Phi) is 5.62. The first-order chi connectivity index (χ1) is 17.7. The number of benzene rings is 2. The second-order valence-corrected chi connectivity index (χ2v) is 11.2. The number of fused-ring (bicyclic) bond motifs is 3. The Labute approximate surface area is 226 Å². The minimum Gasteiger partial charge on any atom is -0.508 e. The van der Waals surface area contributed by atoms with E-state index in [1.165, 1.54) is 23.1 Å². The second kappa shape index (κ2) is 8.64. The molecule has 3 aliphatic carbocycles. The average Bonchev–Trinajstić information content (AvgIpc) is 3.12. The van der Waals surface area contributed by atoms with Gasteiger partial charge in [0, 0.05) is 32.1 Å². The molecule has 1 saturated heterocycles. The third-order valence-electron chi connectivity index (χ3n) is 7.94. The summed E-state index contributed by atoms with van der Waals surface area (Å²) in [4.78, 5) is 55.2. The van der Waals surface area contributed by atoms with Gasteiger partial charge in [-0.3, -0.25) is 24.1 Å². The van der Waals surface area contributed by atoms with E-state index in [9.17, 15) is 24.3 Å². The summed E-state index contributed by atoms with van der Waals surface area (Å²) in [5.74, 6) is -3.34. The molecule has 0 saturated carbocycles. The third kappa shape index (κ3) is 3.59. The molecule has 2 aromatic carbocycles. The molecule has 0 radical (unpaired) electrons. The summed E-state index contributed by atoms with van der Waals surface area (Å²) in [6.07, 6.45) is 3.85. The van der Waals surface area contributed by atoms with E-state index in [0.29, 0.717) is 34.4 Å². The van der Waals surface area contributed by atoms with Gasteiger partial charge < -0.3 is 5.11 Å². The van der Waals surface area contributed by atoms with Crippen LogP contribution in [0, 0.1) is 17.8 Å². The van der Waals surface area contributed by atoms with E-state index in [0.717, 1.165) is 10.0 Å². The fraction of sp³-hybridized carbons (Fsp3) is 0.241. The van der Waals surface area contributed by atoms with Crippen molar-refractivity contribution in [2.24, 2.45) is 17.8 Å². The molecule has 1 N–H and O–H groups in total. The molecule has 6 nitrogen and oxygen atoms in total. The molecule has 0 aromatic heterocycles. The number of rotatable bonds is 2. The lowest BCUT2D eigenvalue weighted by Gasteiger charge is -2.42. The van der Waals surface area contributed by atoms with Crippen molar-refractivity contribution in [3.63, 3.8) is 0 Å². The Bertz CT molecular complexity index is 1520. The number of phenolic OH excluding ortho intramolecular Hbond substituents is 1. The van der Waals surface area contributed by atoms with Crippen molar-refractivity contribution in [3.8, 4) is 5.75 Å². The number of imide groups is 1.